The molecule has 0 spiro atoms. The number of anilines is 1. The number of hydrogen-bond acceptors (Lipinski definition) is 7. The third-order valence-electron chi connectivity index (χ3n) is 5.52. The SMILES string of the molecule is CCOc1ccc(NC(=O)c2cc3ccccc3c(N=Nc3cc(Cl)c(C)cc3S(=O)(=O)O)c2O)c(Cl)c1. The van der Waals surface area contributed by atoms with Gasteiger partial charge in [0.1, 0.15) is 22.0 Å². The molecule has 1 amide bonds. The lowest BCUT2D eigenvalue weighted by molar-refractivity contribution is 0.102. The van der Waals surface area contributed by atoms with Crippen molar-refractivity contribution in [1.82, 2.24) is 0 Å². The van der Waals surface area contributed by atoms with E-state index in [-0.39, 0.29) is 27.0 Å². The molecule has 0 heterocycles. The van der Waals surface area contributed by atoms with Crippen LogP contribution in [0.5, 0.6) is 11.5 Å². The number of rotatable bonds is 7. The number of nitrogens with one attached hydrogen (secondary N) is 1. The van der Waals surface area contributed by atoms with Crippen molar-refractivity contribution in [2.75, 3.05) is 11.9 Å². The molecule has 0 aliphatic heterocycles. The highest BCUT2D eigenvalue weighted by Crippen LogP contribution is 2.41. The first-order valence-electron chi connectivity index (χ1n) is 11.2. The third kappa shape index (κ3) is 5.73. The Kier molecular flexibility index (Phi) is 7.89. The molecule has 0 bridgehead atoms. The lowest BCUT2D eigenvalue weighted by Gasteiger charge is -2.13. The second-order valence-electron chi connectivity index (χ2n) is 8.12. The summed E-state index contributed by atoms with van der Waals surface area (Å²) in [6.45, 7) is 3.85. The van der Waals surface area contributed by atoms with Gasteiger partial charge in [-0.25, -0.2) is 0 Å². The van der Waals surface area contributed by atoms with Crippen LogP contribution in [0.3, 0.4) is 0 Å². The minimum atomic E-state index is -4.66. The van der Waals surface area contributed by atoms with Gasteiger partial charge in [0, 0.05) is 16.5 Å². The number of halogens is 2. The van der Waals surface area contributed by atoms with Gasteiger partial charge in [-0.15, -0.1) is 10.2 Å². The summed E-state index contributed by atoms with van der Waals surface area (Å²) in [5.41, 5.74) is 0.229. The summed E-state index contributed by atoms with van der Waals surface area (Å²) in [7, 11) is -4.66. The van der Waals surface area contributed by atoms with E-state index in [9.17, 15) is 22.9 Å². The molecular weight excluding hydrogens is 553 g/mol. The summed E-state index contributed by atoms with van der Waals surface area (Å²) in [6, 6.07) is 15.4. The van der Waals surface area contributed by atoms with E-state index in [0.29, 0.717) is 34.4 Å². The summed E-state index contributed by atoms with van der Waals surface area (Å²) >= 11 is 12.4. The molecule has 0 saturated carbocycles. The van der Waals surface area contributed by atoms with Gasteiger partial charge in [-0.3, -0.25) is 9.35 Å². The van der Waals surface area contributed by atoms with Crippen LogP contribution in [0.15, 0.2) is 75.8 Å². The van der Waals surface area contributed by atoms with E-state index in [4.69, 9.17) is 27.9 Å². The minimum Gasteiger partial charge on any atom is -0.505 e. The molecule has 3 N–H and O–H groups in total. The molecule has 12 heteroatoms. The smallest absolute Gasteiger partial charge is 0.296 e. The van der Waals surface area contributed by atoms with Crippen LogP contribution in [0, 0.1) is 6.92 Å². The molecule has 0 unspecified atom stereocenters. The third-order valence-corrected chi connectivity index (χ3v) is 7.12. The van der Waals surface area contributed by atoms with Crippen molar-refractivity contribution >= 4 is 67.1 Å². The minimum absolute atomic E-state index is 0.0935. The Morgan fingerprint density at radius 3 is 2.45 bits per heavy atom. The average Bonchev–Trinajstić information content (AvgIpc) is 2.86. The zero-order chi connectivity index (χ0) is 27.6. The van der Waals surface area contributed by atoms with Crippen LogP contribution in [-0.2, 0) is 10.1 Å². The van der Waals surface area contributed by atoms with Gasteiger partial charge in [0.15, 0.2) is 5.75 Å². The van der Waals surface area contributed by atoms with Gasteiger partial charge in [-0.1, -0.05) is 47.5 Å². The van der Waals surface area contributed by atoms with Crippen LogP contribution in [-0.4, -0.2) is 30.6 Å². The molecule has 0 saturated heterocycles. The number of benzene rings is 4. The molecule has 0 radical (unpaired) electrons. The van der Waals surface area contributed by atoms with Gasteiger partial charge >= 0.3 is 0 Å². The number of azo groups is 1. The number of fused-ring (bicyclic) bond motifs is 1. The van der Waals surface area contributed by atoms with Gasteiger partial charge in [0.2, 0.25) is 0 Å². The molecule has 196 valence electrons. The van der Waals surface area contributed by atoms with Gasteiger partial charge in [0.05, 0.1) is 22.9 Å². The van der Waals surface area contributed by atoms with E-state index < -0.39 is 26.7 Å². The van der Waals surface area contributed by atoms with E-state index in [1.54, 1.807) is 49.4 Å². The number of aromatic hydroxyl groups is 1. The van der Waals surface area contributed by atoms with E-state index in [2.05, 4.69) is 15.5 Å². The maximum Gasteiger partial charge on any atom is 0.296 e. The first-order chi connectivity index (χ1) is 18.0. The Balaban J connectivity index is 1.80. The predicted octanol–water partition coefficient (Wildman–Crippen LogP) is 7.47. The van der Waals surface area contributed by atoms with E-state index in [0.717, 1.165) is 6.07 Å². The number of aryl methyl sites for hydroxylation is 1. The normalized spacial score (nSPS) is 11.7. The fourth-order valence-electron chi connectivity index (χ4n) is 3.67. The highest BCUT2D eigenvalue weighted by atomic mass is 35.5. The molecule has 4 rings (SSSR count). The van der Waals surface area contributed by atoms with Gasteiger partial charge in [0.25, 0.3) is 16.0 Å². The summed E-state index contributed by atoms with van der Waals surface area (Å²) in [5, 5.41) is 23.2. The molecule has 0 aliphatic carbocycles. The quantitative estimate of drug-likeness (QED) is 0.155. The van der Waals surface area contributed by atoms with Crippen molar-refractivity contribution in [3.63, 3.8) is 0 Å². The standard InChI is InChI=1S/C26H21Cl2N3O6S/c1-3-37-16-8-9-21(20(28)12-16)29-26(33)18-11-15-6-4-5-7-17(15)24(25(18)32)31-30-22-13-19(27)14(2)10-23(22)38(34,35)36/h4-13,32H,3H2,1-2H3,(H,29,33)(H,34,35,36). The Hall–Kier alpha value is -3.70. The van der Waals surface area contributed by atoms with Crippen molar-refractivity contribution in [3.05, 3.63) is 81.8 Å². The van der Waals surface area contributed by atoms with Crippen LogP contribution in [0.4, 0.5) is 17.1 Å². The molecule has 0 atom stereocenters. The first-order valence-corrected chi connectivity index (χ1v) is 13.4. The number of nitrogens with zero attached hydrogens (tertiary/aromatic N) is 2. The van der Waals surface area contributed by atoms with Crippen molar-refractivity contribution in [1.29, 1.82) is 0 Å². The van der Waals surface area contributed by atoms with Crippen molar-refractivity contribution in [2.45, 2.75) is 18.7 Å². The monoisotopic (exact) mass is 573 g/mol. The average molecular weight is 574 g/mol. The maximum atomic E-state index is 13.2. The molecule has 0 fully saturated rings. The van der Waals surface area contributed by atoms with Crippen LogP contribution < -0.4 is 10.1 Å². The molecule has 4 aromatic carbocycles. The summed E-state index contributed by atoms with van der Waals surface area (Å²) in [6.07, 6.45) is 0. The van der Waals surface area contributed by atoms with Gasteiger partial charge in [-0.05, 0) is 55.1 Å². The Morgan fingerprint density at radius 2 is 1.76 bits per heavy atom. The summed E-state index contributed by atoms with van der Waals surface area (Å²) < 4.78 is 38.8. The zero-order valence-corrected chi connectivity index (χ0v) is 22.4. The van der Waals surface area contributed by atoms with E-state index in [1.165, 1.54) is 12.1 Å². The number of carbonyl (C=O) groups excluding carboxylic acids is 1. The first kappa shape index (κ1) is 27.3. The lowest BCUT2D eigenvalue weighted by Crippen LogP contribution is -2.12. The number of ether oxygens (including phenoxy) is 1. The fourth-order valence-corrected chi connectivity index (χ4v) is 4.73. The molecule has 0 aromatic heterocycles. The second kappa shape index (κ2) is 11.0. The van der Waals surface area contributed by atoms with Gasteiger partial charge in [-0.2, -0.15) is 8.42 Å². The van der Waals surface area contributed by atoms with Gasteiger partial charge < -0.3 is 15.2 Å². The van der Waals surface area contributed by atoms with Crippen molar-refractivity contribution in [2.24, 2.45) is 10.2 Å². The topological polar surface area (TPSA) is 138 Å². The van der Waals surface area contributed by atoms with Crippen LogP contribution in [0.1, 0.15) is 22.8 Å². The molecule has 38 heavy (non-hydrogen) atoms. The predicted molar refractivity (Wildman–Crippen MR) is 146 cm³/mol. The van der Waals surface area contributed by atoms with E-state index >= 15 is 0 Å². The number of carbonyl (C=O) groups is 1. The molecule has 0 aliphatic rings. The molecule has 9 nitrogen and oxygen atoms in total. The van der Waals surface area contributed by atoms with Crippen LogP contribution >= 0.6 is 23.2 Å². The van der Waals surface area contributed by atoms with E-state index in [1.807, 2.05) is 6.92 Å². The highest BCUT2D eigenvalue weighted by molar-refractivity contribution is 7.86. The van der Waals surface area contributed by atoms with Crippen LogP contribution in [0.2, 0.25) is 10.0 Å². The Morgan fingerprint density at radius 1 is 1.03 bits per heavy atom. The highest BCUT2D eigenvalue weighted by Gasteiger charge is 2.21. The number of amides is 1. The lowest BCUT2D eigenvalue weighted by atomic mass is 10.0. The maximum absolute atomic E-state index is 13.2. The molecular formula is C26H21Cl2N3O6S. The number of phenols is 1. The largest absolute Gasteiger partial charge is 0.505 e. The second-order valence-corrected chi connectivity index (χ2v) is 10.3. The fraction of sp³-hybridized carbons (Fsp3) is 0.115. The Bertz CT molecular complexity index is 1710. The number of phenolic OH excluding ortho intramolecular Hbond substituents is 1. The number of hydrogen-bond donors (Lipinski definition) is 3. The van der Waals surface area contributed by atoms with Crippen molar-refractivity contribution < 1.29 is 27.6 Å². The van der Waals surface area contributed by atoms with Crippen LogP contribution in [0.25, 0.3) is 10.8 Å². The summed E-state index contributed by atoms with van der Waals surface area (Å²) in [4.78, 5) is 12.7. The van der Waals surface area contributed by atoms with Crippen molar-refractivity contribution in [3.8, 4) is 11.5 Å². The molecule has 4 aromatic rings. The Labute approximate surface area is 228 Å². The summed E-state index contributed by atoms with van der Waals surface area (Å²) in [5.74, 6) is -0.640. The zero-order valence-electron chi connectivity index (χ0n) is 20.1.